The van der Waals surface area contributed by atoms with Gasteiger partial charge < -0.3 is 24.8 Å². The van der Waals surface area contributed by atoms with E-state index in [0.717, 1.165) is 0 Å². The average molecular weight is 476 g/mol. The second kappa shape index (κ2) is 12.1. The second-order valence-electron chi connectivity index (χ2n) is 6.31. The number of halogens is 1. The van der Waals surface area contributed by atoms with E-state index < -0.39 is 30.4 Å². The van der Waals surface area contributed by atoms with Crippen LogP contribution in [0.15, 0.2) is 49.1 Å². The lowest BCUT2D eigenvalue weighted by Gasteiger charge is -2.15. The predicted octanol–water partition coefficient (Wildman–Crippen LogP) is 2.78. The number of anilines is 1. The van der Waals surface area contributed by atoms with E-state index in [1.165, 1.54) is 38.5 Å². The summed E-state index contributed by atoms with van der Waals surface area (Å²) in [6, 6.07) is 8.25. The van der Waals surface area contributed by atoms with Crippen LogP contribution in [-0.2, 0) is 9.53 Å². The fourth-order valence-corrected chi connectivity index (χ4v) is 2.79. The Balaban J connectivity index is 2.23. The Morgan fingerprint density at radius 1 is 1.03 bits per heavy atom. The highest BCUT2D eigenvalue weighted by Gasteiger charge is 2.22. The van der Waals surface area contributed by atoms with E-state index in [0.29, 0.717) is 0 Å². The maximum Gasteiger partial charge on any atom is 0.340 e. The minimum absolute atomic E-state index is 0.0340. The molecule has 10 nitrogen and oxygen atoms in total. The number of imide groups is 1. The largest absolute Gasteiger partial charge is 0.493 e. The van der Waals surface area contributed by atoms with Crippen molar-refractivity contribution in [1.82, 2.24) is 10.6 Å². The number of hydrogen-bond donors (Lipinski definition) is 3. The molecule has 0 atom stereocenters. The number of carbonyl (C=O) groups is 4. The molecule has 0 bridgehead atoms. The summed E-state index contributed by atoms with van der Waals surface area (Å²) in [5, 5.41) is 7.13. The molecule has 11 heteroatoms. The van der Waals surface area contributed by atoms with Crippen molar-refractivity contribution in [2.24, 2.45) is 0 Å². The molecule has 0 heterocycles. The number of amides is 4. The number of benzene rings is 2. The second-order valence-corrected chi connectivity index (χ2v) is 6.72. The maximum atomic E-state index is 12.7. The number of nitrogens with one attached hydrogen (secondary N) is 3. The molecule has 2 aromatic carbocycles. The van der Waals surface area contributed by atoms with Crippen LogP contribution >= 0.6 is 11.6 Å². The van der Waals surface area contributed by atoms with E-state index >= 15 is 0 Å². The summed E-state index contributed by atoms with van der Waals surface area (Å²) in [6.45, 7) is 2.84. The molecule has 2 aromatic rings. The minimum Gasteiger partial charge on any atom is -0.493 e. The molecule has 3 N–H and O–H groups in total. The van der Waals surface area contributed by atoms with Gasteiger partial charge in [0.1, 0.15) is 0 Å². The van der Waals surface area contributed by atoms with Crippen molar-refractivity contribution in [3.63, 3.8) is 0 Å². The van der Waals surface area contributed by atoms with Crippen molar-refractivity contribution in [1.29, 1.82) is 0 Å². The van der Waals surface area contributed by atoms with Crippen LogP contribution in [0, 0.1) is 0 Å². The molecule has 0 aliphatic rings. The summed E-state index contributed by atoms with van der Waals surface area (Å²) in [6.07, 6.45) is 1.43. The first-order valence-corrected chi connectivity index (χ1v) is 9.86. The number of carbonyl (C=O) groups excluding carboxylic acids is 4. The Morgan fingerprint density at radius 3 is 2.33 bits per heavy atom. The standard InChI is InChI=1S/C22H22ClN3O7/c1-4-9-24-22(30)26-19(27)12-33-21(29)14-10-17(31-2)18(32-3)11-16(14)25-20(28)13-7-5-6-8-15(13)23/h4-8,10-11H,1,9,12H2,2-3H3,(H,25,28)(H2,24,26,27,30). The van der Waals surface area contributed by atoms with Gasteiger partial charge in [-0.3, -0.25) is 14.9 Å². The van der Waals surface area contributed by atoms with Crippen LogP contribution in [0.3, 0.4) is 0 Å². The van der Waals surface area contributed by atoms with Crippen LogP contribution < -0.4 is 25.4 Å². The smallest absolute Gasteiger partial charge is 0.340 e. The van der Waals surface area contributed by atoms with Gasteiger partial charge in [-0.1, -0.05) is 29.8 Å². The average Bonchev–Trinajstić information content (AvgIpc) is 2.81. The third-order valence-corrected chi connectivity index (χ3v) is 4.43. The molecule has 0 aromatic heterocycles. The molecule has 33 heavy (non-hydrogen) atoms. The van der Waals surface area contributed by atoms with E-state index in [1.807, 2.05) is 5.32 Å². The van der Waals surface area contributed by atoms with E-state index in [9.17, 15) is 19.2 Å². The summed E-state index contributed by atoms with van der Waals surface area (Å²) < 4.78 is 15.4. The quantitative estimate of drug-likeness (QED) is 0.375. The molecule has 0 radical (unpaired) electrons. The number of hydrogen-bond acceptors (Lipinski definition) is 7. The summed E-state index contributed by atoms with van der Waals surface area (Å²) in [5.41, 5.74) is 0.0989. The van der Waals surface area contributed by atoms with Crippen LogP contribution in [-0.4, -0.2) is 51.2 Å². The van der Waals surface area contributed by atoms with Gasteiger partial charge in [-0.25, -0.2) is 9.59 Å². The summed E-state index contributed by atoms with van der Waals surface area (Å²) in [5.74, 6) is -1.97. The zero-order valence-electron chi connectivity index (χ0n) is 17.9. The van der Waals surface area contributed by atoms with Crippen LogP contribution in [0.1, 0.15) is 20.7 Å². The number of ether oxygens (including phenoxy) is 3. The van der Waals surface area contributed by atoms with Gasteiger partial charge in [-0.05, 0) is 12.1 Å². The van der Waals surface area contributed by atoms with Crippen molar-refractivity contribution >= 4 is 41.1 Å². The Hall–Kier alpha value is -4.05. The van der Waals surface area contributed by atoms with Crippen molar-refractivity contribution in [2.75, 3.05) is 32.7 Å². The zero-order valence-corrected chi connectivity index (χ0v) is 18.7. The molecule has 4 amide bonds. The van der Waals surface area contributed by atoms with Crippen LogP contribution in [0.2, 0.25) is 5.02 Å². The van der Waals surface area contributed by atoms with Gasteiger partial charge in [0.2, 0.25) is 0 Å². The maximum absolute atomic E-state index is 12.7. The first kappa shape index (κ1) is 25.2. The van der Waals surface area contributed by atoms with Crippen molar-refractivity contribution in [3.8, 4) is 11.5 Å². The van der Waals surface area contributed by atoms with E-state index in [2.05, 4.69) is 17.2 Å². The minimum atomic E-state index is -0.952. The zero-order chi connectivity index (χ0) is 24.4. The Bertz CT molecular complexity index is 1070. The van der Waals surface area contributed by atoms with Gasteiger partial charge >= 0.3 is 12.0 Å². The third-order valence-electron chi connectivity index (χ3n) is 4.10. The van der Waals surface area contributed by atoms with Gasteiger partial charge in [-0.15, -0.1) is 6.58 Å². The van der Waals surface area contributed by atoms with Crippen LogP contribution in [0.5, 0.6) is 11.5 Å². The molecule has 0 unspecified atom stereocenters. The van der Waals surface area contributed by atoms with Crippen LogP contribution in [0.25, 0.3) is 0 Å². The van der Waals surface area contributed by atoms with Crippen LogP contribution in [0.4, 0.5) is 10.5 Å². The summed E-state index contributed by atoms with van der Waals surface area (Å²) in [4.78, 5) is 48.7. The highest BCUT2D eigenvalue weighted by atomic mass is 35.5. The topological polar surface area (TPSA) is 132 Å². The SMILES string of the molecule is C=CCNC(=O)NC(=O)COC(=O)c1cc(OC)c(OC)cc1NC(=O)c1ccccc1Cl. The Kier molecular flexibility index (Phi) is 9.25. The molecule has 2 rings (SSSR count). The first-order valence-electron chi connectivity index (χ1n) is 9.48. The molecule has 0 saturated heterocycles. The molecule has 0 saturated carbocycles. The lowest BCUT2D eigenvalue weighted by molar-refractivity contribution is -0.123. The molecule has 0 fully saturated rings. The van der Waals surface area contributed by atoms with E-state index in [-0.39, 0.29) is 39.9 Å². The Labute approximate surface area is 194 Å². The van der Waals surface area contributed by atoms with Crippen molar-refractivity contribution in [3.05, 3.63) is 65.2 Å². The van der Waals surface area contributed by atoms with Crippen molar-refractivity contribution in [2.45, 2.75) is 0 Å². The summed E-state index contributed by atoms with van der Waals surface area (Å²) in [7, 11) is 2.75. The monoisotopic (exact) mass is 475 g/mol. The molecule has 0 aliphatic heterocycles. The number of rotatable bonds is 9. The first-order chi connectivity index (χ1) is 15.8. The Morgan fingerprint density at radius 2 is 1.70 bits per heavy atom. The highest BCUT2D eigenvalue weighted by Crippen LogP contribution is 2.34. The van der Waals surface area contributed by atoms with Gasteiger partial charge in [-0.2, -0.15) is 0 Å². The van der Waals surface area contributed by atoms with Gasteiger partial charge in [0.15, 0.2) is 18.1 Å². The lowest BCUT2D eigenvalue weighted by atomic mass is 10.1. The summed E-state index contributed by atoms with van der Waals surface area (Å²) >= 11 is 6.07. The number of esters is 1. The predicted molar refractivity (Wildman–Crippen MR) is 121 cm³/mol. The van der Waals surface area contributed by atoms with E-state index in [4.69, 9.17) is 25.8 Å². The lowest BCUT2D eigenvalue weighted by Crippen LogP contribution is -2.41. The van der Waals surface area contributed by atoms with Gasteiger partial charge in [0.25, 0.3) is 11.8 Å². The normalized spacial score (nSPS) is 9.91. The molecular formula is C22H22ClN3O7. The van der Waals surface area contributed by atoms with Crippen molar-refractivity contribution < 1.29 is 33.4 Å². The fourth-order valence-electron chi connectivity index (χ4n) is 2.57. The molecule has 174 valence electrons. The van der Waals surface area contributed by atoms with E-state index in [1.54, 1.807) is 18.2 Å². The third kappa shape index (κ3) is 6.97. The molecule has 0 aliphatic carbocycles. The van der Waals surface area contributed by atoms with Gasteiger partial charge in [0.05, 0.1) is 36.1 Å². The highest BCUT2D eigenvalue weighted by molar-refractivity contribution is 6.34. The number of methoxy groups -OCH3 is 2. The molecule has 0 spiro atoms. The molecular weight excluding hydrogens is 454 g/mol. The number of urea groups is 1. The fraction of sp³-hybridized carbons (Fsp3) is 0.182. The van der Waals surface area contributed by atoms with Gasteiger partial charge in [0, 0.05) is 18.7 Å².